The summed E-state index contributed by atoms with van der Waals surface area (Å²) >= 11 is 3.26. The maximum Gasteiger partial charge on any atom is 0.250 e. The summed E-state index contributed by atoms with van der Waals surface area (Å²) in [5.41, 5.74) is 6.24. The molecule has 2 N–H and O–H groups in total. The molecule has 5 nitrogen and oxygen atoms in total. The van der Waals surface area contributed by atoms with E-state index >= 15 is 0 Å². The Labute approximate surface area is 113 Å². The maximum absolute atomic E-state index is 11.5. The number of thioether (sulfide) groups is 1. The highest BCUT2D eigenvalue weighted by atomic mass is 32.2. The van der Waals surface area contributed by atoms with Crippen molar-refractivity contribution in [1.82, 2.24) is 14.8 Å². The molecule has 0 bridgehead atoms. The highest BCUT2D eigenvalue weighted by molar-refractivity contribution is 8.01. The van der Waals surface area contributed by atoms with Gasteiger partial charge in [-0.3, -0.25) is 4.79 Å². The Hall–Kier alpha value is -1.34. The Morgan fingerprint density at radius 3 is 3.00 bits per heavy atom. The highest BCUT2D eigenvalue weighted by Crippen LogP contribution is 2.22. The maximum atomic E-state index is 11.5. The van der Waals surface area contributed by atoms with Crippen molar-refractivity contribution in [3.8, 4) is 0 Å². The van der Waals surface area contributed by atoms with Crippen LogP contribution in [0.5, 0.6) is 0 Å². The first-order chi connectivity index (χ1) is 8.65. The second kappa shape index (κ2) is 6.01. The summed E-state index contributed by atoms with van der Waals surface area (Å²) in [6.45, 7) is 2.61. The molecular weight excluding hydrogens is 268 g/mol. The summed E-state index contributed by atoms with van der Waals surface area (Å²) in [4.78, 5) is 11.5. The molecule has 7 heteroatoms. The Morgan fingerprint density at radius 1 is 1.44 bits per heavy atom. The predicted octanol–water partition coefficient (Wildman–Crippen LogP) is 1.77. The zero-order chi connectivity index (χ0) is 13.0. The van der Waals surface area contributed by atoms with Crippen LogP contribution < -0.4 is 11.3 Å². The van der Waals surface area contributed by atoms with Crippen molar-refractivity contribution in [3.63, 3.8) is 0 Å². The van der Waals surface area contributed by atoms with Crippen LogP contribution in [0.1, 0.15) is 11.4 Å². The topological polar surface area (TPSA) is 73.8 Å². The zero-order valence-corrected chi connectivity index (χ0v) is 11.6. The van der Waals surface area contributed by atoms with Crippen LogP contribution in [0.25, 0.3) is 0 Å². The molecule has 2 heterocycles. The van der Waals surface area contributed by atoms with Crippen molar-refractivity contribution >= 4 is 28.8 Å². The van der Waals surface area contributed by atoms with Gasteiger partial charge in [-0.15, -0.1) is 10.2 Å². The lowest BCUT2D eigenvalue weighted by Crippen LogP contribution is -2.19. The minimum atomic E-state index is -0.0130. The number of aromatic nitrogens is 3. The van der Waals surface area contributed by atoms with E-state index in [9.17, 15) is 4.79 Å². The van der Waals surface area contributed by atoms with Crippen molar-refractivity contribution in [2.24, 2.45) is 0 Å². The van der Waals surface area contributed by atoms with Crippen molar-refractivity contribution in [2.75, 3.05) is 11.5 Å². The Bertz CT molecular complexity index is 578. The molecule has 2 aromatic heterocycles. The number of nitrogen functional groups attached to an aromatic ring is 1. The number of pyridine rings is 1. The van der Waals surface area contributed by atoms with Gasteiger partial charge in [-0.2, -0.15) is 0 Å². The van der Waals surface area contributed by atoms with Crippen LogP contribution in [0.4, 0.5) is 5.69 Å². The van der Waals surface area contributed by atoms with E-state index in [0.29, 0.717) is 12.2 Å². The second-order valence-corrected chi connectivity index (χ2v) is 6.31. The Morgan fingerprint density at radius 2 is 2.28 bits per heavy atom. The monoisotopic (exact) mass is 282 g/mol. The zero-order valence-electron chi connectivity index (χ0n) is 10.00. The van der Waals surface area contributed by atoms with Crippen molar-refractivity contribution in [3.05, 3.63) is 33.7 Å². The van der Waals surface area contributed by atoms with Gasteiger partial charge in [0, 0.05) is 30.2 Å². The second-order valence-electron chi connectivity index (χ2n) is 3.78. The molecule has 0 saturated heterocycles. The molecule has 0 amide bonds. The van der Waals surface area contributed by atoms with Gasteiger partial charge in [-0.05, 0) is 19.4 Å². The van der Waals surface area contributed by atoms with E-state index in [1.54, 1.807) is 39.9 Å². The fraction of sp³-hybridized carbons (Fsp3) is 0.364. The Balaban J connectivity index is 1.82. The van der Waals surface area contributed by atoms with Gasteiger partial charge in [0.05, 0.1) is 0 Å². The highest BCUT2D eigenvalue weighted by Gasteiger charge is 2.01. The summed E-state index contributed by atoms with van der Waals surface area (Å²) in [5, 5.41) is 8.97. The molecular formula is C11H14N4OS2. The van der Waals surface area contributed by atoms with Crippen LogP contribution in [0, 0.1) is 6.92 Å². The van der Waals surface area contributed by atoms with E-state index in [4.69, 9.17) is 5.73 Å². The van der Waals surface area contributed by atoms with Crippen LogP contribution in [-0.4, -0.2) is 20.5 Å². The van der Waals surface area contributed by atoms with Crippen LogP contribution in [-0.2, 0) is 6.54 Å². The summed E-state index contributed by atoms with van der Waals surface area (Å²) in [5.74, 6) is 0.913. The van der Waals surface area contributed by atoms with Gasteiger partial charge in [0.1, 0.15) is 5.01 Å². The normalized spacial score (nSPS) is 10.7. The van der Waals surface area contributed by atoms with Gasteiger partial charge >= 0.3 is 0 Å². The van der Waals surface area contributed by atoms with Gasteiger partial charge in [-0.25, -0.2) is 0 Å². The Kier molecular flexibility index (Phi) is 4.38. The summed E-state index contributed by atoms with van der Waals surface area (Å²) in [6.07, 6.45) is 2.58. The number of hydrogen-bond donors (Lipinski definition) is 1. The number of nitrogens with two attached hydrogens (primary N) is 1. The van der Waals surface area contributed by atoms with Crippen LogP contribution in [0.15, 0.2) is 27.5 Å². The predicted molar refractivity (Wildman–Crippen MR) is 75.1 cm³/mol. The first-order valence-electron chi connectivity index (χ1n) is 5.54. The molecule has 18 heavy (non-hydrogen) atoms. The fourth-order valence-electron chi connectivity index (χ4n) is 1.46. The lowest BCUT2D eigenvalue weighted by molar-refractivity contribution is 0.660. The standard InChI is InChI=1S/C11H14N4OS2/c1-8-13-14-11(18-8)17-6-2-5-15-7-9(12)3-4-10(15)16/h3-4,7H,2,5-6,12H2,1H3. The molecule has 2 aromatic rings. The van der Waals surface area contributed by atoms with Crippen molar-refractivity contribution in [1.29, 1.82) is 0 Å². The van der Waals surface area contributed by atoms with Crippen LogP contribution in [0.2, 0.25) is 0 Å². The van der Waals surface area contributed by atoms with Gasteiger partial charge in [0.15, 0.2) is 4.34 Å². The van der Waals surface area contributed by atoms with Crippen molar-refractivity contribution < 1.29 is 0 Å². The first-order valence-corrected chi connectivity index (χ1v) is 7.34. The third-order valence-electron chi connectivity index (χ3n) is 2.28. The first kappa shape index (κ1) is 13.1. The smallest absolute Gasteiger partial charge is 0.250 e. The number of aryl methyl sites for hydroxylation is 2. The third kappa shape index (κ3) is 3.58. The van der Waals surface area contributed by atoms with Gasteiger partial charge < -0.3 is 10.3 Å². The van der Waals surface area contributed by atoms with Crippen molar-refractivity contribution in [2.45, 2.75) is 24.2 Å². The number of rotatable bonds is 5. The molecule has 2 rings (SSSR count). The third-order valence-corrected chi connectivity index (χ3v) is 4.34. The van der Waals surface area contributed by atoms with Gasteiger partial charge in [0.25, 0.3) is 5.56 Å². The quantitative estimate of drug-likeness (QED) is 0.668. The number of hydrogen-bond acceptors (Lipinski definition) is 6. The van der Waals surface area contributed by atoms with Crippen LogP contribution >= 0.6 is 23.1 Å². The average Bonchev–Trinajstić information content (AvgIpc) is 2.75. The van der Waals surface area contributed by atoms with E-state index in [2.05, 4.69) is 10.2 Å². The lowest BCUT2D eigenvalue weighted by atomic mass is 10.4. The lowest BCUT2D eigenvalue weighted by Gasteiger charge is -2.05. The fourth-order valence-corrected chi connectivity index (χ4v) is 3.27. The summed E-state index contributed by atoms with van der Waals surface area (Å²) in [7, 11) is 0. The van der Waals surface area contributed by atoms with Gasteiger partial charge in [0.2, 0.25) is 0 Å². The van der Waals surface area contributed by atoms with Crippen LogP contribution in [0.3, 0.4) is 0 Å². The molecule has 0 radical (unpaired) electrons. The molecule has 0 unspecified atom stereocenters. The van der Waals surface area contributed by atoms with E-state index in [1.165, 1.54) is 6.07 Å². The minimum Gasteiger partial charge on any atom is -0.398 e. The summed E-state index contributed by atoms with van der Waals surface area (Å²) < 4.78 is 2.62. The number of nitrogens with zero attached hydrogens (tertiary/aromatic N) is 3. The molecule has 0 aliphatic rings. The van der Waals surface area contributed by atoms with E-state index in [-0.39, 0.29) is 5.56 Å². The average molecular weight is 282 g/mol. The minimum absolute atomic E-state index is 0.0130. The summed E-state index contributed by atoms with van der Waals surface area (Å²) in [6, 6.07) is 3.12. The van der Waals surface area contributed by atoms with E-state index in [0.717, 1.165) is 21.5 Å². The van der Waals surface area contributed by atoms with Gasteiger partial charge in [-0.1, -0.05) is 23.1 Å². The largest absolute Gasteiger partial charge is 0.398 e. The molecule has 0 aromatic carbocycles. The van der Waals surface area contributed by atoms with E-state index < -0.39 is 0 Å². The number of anilines is 1. The molecule has 0 saturated carbocycles. The molecule has 0 spiro atoms. The van der Waals surface area contributed by atoms with E-state index in [1.807, 2.05) is 6.92 Å². The molecule has 0 atom stereocenters. The molecule has 0 fully saturated rings. The SMILES string of the molecule is Cc1nnc(SCCCn2cc(N)ccc2=O)s1. The molecule has 96 valence electrons. The molecule has 0 aliphatic heterocycles. The molecule has 0 aliphatic carbocycles.